The van der Waals surface area contributed by atoms with Crippen molar-refractivity contribution in [3.05, 3.63) is 41.3 Å². The van der Waals surface area contributed by atoms with Crippen molar-refractivity contribution in [1.29, 1.82) is 0 Å². The van der Waals surface area contributed by atoms with E-state index in [0.29, 0.717) is 36.3 Å². The summed E-state index contributed by atoms with van der Waals surface area (Å²) in [6.45, 7) is 4.13. The SMILES string of the molecule is COc1c(C)c2c(c(OC)c1C/C=C(\C)CC[C-]=O)C(=O)OC2.[CH3-].[U+2]. The number of hydrogen-bond donors (Lipinski definition) is 0. The van der Waals surface area contributed by atoms with Crippen LogP contribution in [0.15, 0.2) is 11.6 Å². The molecule has 1 aromatic rings. The quantitative estimate of drug-likeness (QED) is 0.286. The van der Waals surface area contributed by atoms with Gasteiger partial charge in [-0.25, -0.2) is 4.79 Å². The van der Waals surface area contributed by atoms with Crippen molar-refractivity contribution in [1.82, 2.24) is 0 Å². The first-order valence-electron chi connectivity index (χ1n) is 7.49. The molecule has 1 aliphatic heterocycles. The van der Waals surface area contributed by atoms with E-state index in [2.05, 4.69) is 0 Å². The van der Waals surface area contributed by atoms with Crippen LogP contribution in [-0.2, 0) is 22.6 Å². The largest absolute Gasteiger partial charge is 2.00 e. The second-order valence-corrected chi connectivity index (χ2v) is 5.50. The van der Waals surface area contributed by atoms with E-state index in [0.717, 1.165) is 22.3 Å². The molecule has 1 heterocycles. The number of fused-ring (bicyclic) bond motifs is 1. The van der Waals surface area contributed by atoms with Gasteiger partial charge in [0.1, 0.15) is 23.7 Å². The van der Waals surface area contributed by atoms with Crippen LogP contribution in [0.5, 0.6) is 11.5 Å². The first-order valence-corrected chi connectivity index (χ1v) is 7.49. The Kier molecular flexibility index (Phi) is 10.1. The fourth-order valence-corrected chi connectivity index (χ4v) is 2.86. The molecule has 1 aromatic carbocycles. The molecule has 1 aliphatic rings. The van der Waals surface area contributed by atoms with E-state index in [1.165, 1.54) is 7.11 Å². The zero-order chi connectivity index (χ0) is 17.0. The number of carbonyl (C=O) groups is 1. The van der Waals surface area contributed by atoms with E-state index >= 15 is 0 Å². The van der Waals surface area contributed by atoms with Gasteiger partial charge in [0.15, 0.2) is 0 Å². The molecule has 0 saturated carbocycles. The number of ether oxygens (including phenoxy) is 3. The van der Waals surface area contributed by atoms with E-state index in [4.69, 9.17) is 14.2 Å². The summed E-state index contributed by atoms with van der Waals surface area (Å²) in [5.74, 6) is 0.862. The second-order valence-electron chi connectivity index (χ2n) is 5.50. The van der Waals surface area contributed by atoms with Gasteiger partial charge < -0.3 is 26.4 Å². The zero-order valence-corrected chi connectivity index (χ0v) is 19.6. The molecular weight excluding hydrogens is 546 g/mol. The van der Waals surface area contributed by atoms with Gasteiger partial charge in [0.2, 0.25) is 0 Å². The van der Waals surface area contributed by atoms with Gasteiger partial charge in [0, 0.05) is 11.1 Å². The van der Waals surface area contributed by atoms with Gasteiger partial charge in [0.25, 0.3) is 0 Å². The number of carbonyl (C=O) groups excluding carboxylic acids is 2. The van der Waals surface area contributed by atoms with Crippen molar-refractivity contribution >= 4 is 12.3 Å². The number of methoxy groups -OCH3 is 2. The Morgan fingerprint density at radius 1 is 1.28 bits per heavy atom. The van der Waals surface area contributed by atoms with Crippen LogP contribution >= 0.6 is 0 Å². The van der Waals surface area contributed by atoms with Crippen molar-refractivity contribution in [3.8, 4) is 11.5 Å². The monoisotopic (exact) mass is 570 g/mol. The van der Waals surface area contributed by atoms with E-state index in [1.54, 1.807) is 7.11 Å². The van der Waals surface area contributed by atoms with Gasteiger partial charge in [-0.3, -0.25) is 6.29 Å². The van der Waals surface area contributed by atoms with Crippen LogP contribution < -0.4 is 9.47 Å². The Balaban J connectivity index is 0.00000288. The summed E-state index contributed by atoms with van der Waals surface area (Å²) in [6, 6.07) is 0. The number of rotatable bonds is 7. The predicted molar refractivity (Wildman–Crippen MR) is 92.2 cm³/mol. The summed E-state index contributed by atoms with van der Waals surface area (Å²) < 4.78 is 16.2. The molecule has 6 heteroatoms. The van der Waals surface area contributed by atoms with Crippen molar-refractivity contribution in [2.45, 2.75) is 39.7 Å². The van der Waals surface area contributed by atoms with Crippen molar-refractivity contribution in [2.75, 3.05) is 14.2 Å². The first kappa shape index (κ1) is 23.8. The van der Waals surface area contributed by atoms with Crippen molar-refractivity contribution in [3.63, 3.8) is 0 Å². The molecule has 0 bridgehead atoms. The summed E-state index contributed by atoms with van der Waals surface area (Å²) in [5.41, 5.74) is 4.12. The molecule has 0 radical (unpaired) electrons. The molecule has 0 saturated heterocycles. The van der Waals surface area contributed by atoms with E-state index in [-0.39, 0.29) is 51.1 Å². The van der Waals surface area contributed by atoms with Gasteiger partial charge in [-0.1, -0.05) is 18.1 Å². The molecule has 0 atom stereocenters. The summed E-state index contributed by atoms with van der Waals surface area (Å²) in [4.78, 5) is 22.4. The number of benzene rings is 1. The molecule has 0 spiro atoms. The van der Waals surface area contributed by atoms with Crippen LogP contribution in [0.1, 0.15) is 46.8 Å². The van der Waals surface area contributed by atoms with Gasteiger partial charge in [-0.2, -0.15) is 0 Å². The van der Waals surface area contributed by atoms with Crippen molar-refractivity contribution < 1.29 is 54.9 Å². The summed E-state index contributed by atoms with van der Waals surface area (Å²) >= 11 is 0. The van der Waals surface area contributed by atoms with Crippen LogP contribution in [0, 0.1) is 45.5 Å². The topological polar surface area (TPSA) is 61.8 Å². The van der Waals surface area contributed by atoms with Gasteiger partial charge in [0.05, 0.1) is 14.2 Å². The van der Waals surface area contributed by atoms with Gasteiger partial charge in [-0.15, -0.1) is 6.42 Å². The third kappa shape index (κ3) is 4.89. The predicted octanol–water partition coefficient (Wildman–Crippen LogP) is 3.51. The molecule has 0 aromatic heterocycles. The number of esters is 1. The van der Waals surface area contributed by atoms with E-state index < -0.39 is 0 Å². The number of allylic oxidation sites excluding steroid dienone is 2. The standard InChI is InChI=1S/C18H21O5.CH3.U/c1-11(6-5-9-19)7-8-13-16(21-3)12(2)14-10-23-18(20)15(14)17(13)22-4;;/h7H,5-6,8,10H2,1-4H3;1H3;/q2*-1;+2/b11-7+;;. The number of hydrogen-bond acceptors (Lipinski definition) is 5. The first-order chi connectivity index (χ1) is 11.0. The maximum absolute atomic E-state index is 12.0. The van der Waals surface area contributed by atoms with Crippen LogP contribution in [0.2, 0.25) is 0 Å². The fraction of sp³-hybridized carbons (Fsp3) is 0.421. The minimum atomic E-state index is -0.361. The molecule has 25 heavy (non-hydrogen) atoms. The molecule has 0 unspecified atom stereocenters. The molecule has 0 aliphatic carbocycles. The Morgan fingerprint density at radius 3 is 2.48 bits per heavy atom. The average Bonchev–Trinajstić information content (AvgIpc) is 2.93. The molecule has 0 N–H and O–H groups in total. The Bertz CT molecular complexity index is 665. The van der Waals surface area contributed by atoms with Crippen LogP contribution in [0.4, 0.5) is 0 Å². The minimum absolute atomic E-state index is 0. The second kappa shape index (κ2) is 10.7. The third-order valence-electron chi connectivity index (χ3n) is 4.11. The Hall–Kier alpha value is -1.25. The Morgan fingerprint density at radius 2 is 1.92 bits per heavy atom. The smallest absolute Gasteiger partial charge is 0.542 e. The molecule has 0 amide bonds. The maximum atomic E-state index is 12.0. The van der Waals surface area contributed by atoms with E-state index in [9.17, 15) is 9.59 Å². The summed E-state index contributed by atoms with van der Waals surface area (Å²) in [5, 5.41) is 0. The Labute approximate surface area is 173 Å². The molecule has 134 valence electrons. The fourth-order valence-electron chi connectivity index (χ4n) is 2.86. The molecule has 2 rings (SSSR count). The van der Waals surface area contributed by atoms with Gasteiger partial charge in [-0.05, 0) is 25.8 Å². The van der Waals surface area contributed by atoms with E-state index in [1.807, 2.05) is 26.2 Å². The zero-order valence-electron chi connectivity index (χ0n) is 15.4. The van der Waals surface area contributed by atoms with Crippen molar-refractivity contribution in [2.24, 2.45) is 0 Å². The van der Waals surface area contributed by atoms with Crippen LogP contribution in [0.3, 0.4) is 0 Å². The summed E-state index contributed by atoms with van der Waals surface area (Å²) in [6.07, 6.45) is 5.51. The number of cyclic esters (lactones) is 1. The molecule has 0 fully saturated rings. The molecule has 5 nitrogen and oxygen atoms in total. The van der Waals surface area contributed by atoms with Crippen LogP contribution in [0.25, 0.3) is 0 Å². The summed E-state index contributed by atoms with van der Waals surface area (Å²) in [7, 11) is 3.14. The van der Waals surface area contributed by atoms with Gasteiger partial charge >= 0.3 is 37.1 Å². The average molecular weight is 570 g/mol. The normalized spacial score (nSPS) is 12.5. The molecular formula is C19H24O5U. The maximum Gasteiger partial charge on any atom is 2.00 e. The van der Waals surface area contributed by atoms with Crippen LogP contribution in [-0.4, -0.2) is 26.5 Å². The minimum Gasteiger partial charge on any atom is -0.542 e. The third-order valence-corrected chi connectivity index (χ3v) is 4.11.